The summed E-state index contributed by atoms with van der Waals surface area (Å²) < 4.78 is 7.31. The third-order valence-electron chi connectivity index (χ3n) is 15.4. The first-order valence-electron chi connectivity index (χ1n) is 26.1. The molecule has 0 N–H and O–H groups in total. The molecule has 0 bridgehead atoms. The number of para-hydroxylation sites is 7. The topological polar surface area (TPSA) is 18.0 Å². The summed E-state index contributed by atoms with van der Waals surface area (Å²) in [4.78, 5) is 2.35. The molecule has 0 unspecified atom stereocenters. The van der Waals surface area contributed by atoms with Gasteiger partial charge in [0.25, 0.3) is 0 Å². The minimum atomic E-state index is 1.10. The molecule has 0 atom stereocenters. The maximum atomic E-state index is 2.47. The fraction of sp³-hybridized carbons (Fsp3) is 0. The molecular formula is C72H48N4. The van der Waals surface area contributed by atoms with E-state index in [1.807, 2.05) is 0 Å². The van der Waals surface area contributed by atoms with Crippen LogP contribution in [-0.2, 0) is 0 Å². The number of benzene rings is 12. The Morgan fingerprint density at radius 1 is 0.211 bits per heavy atom. The van der Waals surface area contributed by atoms with E-state index in [2.05, 4.69) is 310 Å². The van der Waals surface area contributed by atoms with Gasteiger partial charge in [0.05, 0.1) is 38.8 Å². The Morgan fingerprint density at radius 2 is 0.618 bits per heavy atom. The maximum Gasteiger partial charge on any atom is 0.0542 e. The Labute approximate surface area is 440 Å². The van der Waals surface area contributed by atoms with Crippen molar-refractivity contribution in [3.8, 4) is 50.4 Å². The van der Waals surface area contributed by atoms with Crippen LogP contribution in [0.25, 0.3) is 116 Å². The molecule has 4 heteroatoms. The standard InChI is InChI=1S/C72H48N4/c1-5-21-49(22-6-1)59-29-13-17-33-66(59)76-69-36-20-16-31-61(69)64-47-51(38-41-72(64)76)53-43-52(50-37-40-70-63(46-50)60-30-14-18-34-67(60)74(70)56-27-11-4-12-28-56)44-58(45-53)75-68-35-19-15-32-62(68)65-48-57(39-42-71(65)75)73(54-23-7-2-8-24-54)55-25-9-3-10-26-55/h1-48H. The van der Waals surface area contributed by atoms with Crippen molar-refractivity contribution in [2.24, 2.45) is 0 Å². The monoisotopic (exact) mass is 968 g/mol. The van der Waals surface area contributed by atoms with Crippen molar-refractivity contribution in [2.75, 3.05) is 4.90 Å². The summed E-state index contributed by atoms with van der Waals surface area (Å²) in [6.07, 6.45) is 0. The van der Waals surface area contributed by atoms with Crippen molar-refractivity contribution in [1.29, 1.82) is 0 Å². The summed E-state index contributed by atoms with van der Waals surface area (Å²) in [6.45, 7) is 0. The molecule has 4 nitrogen and oxygen atoms in total. The van der Waals surface area contributed by atoms with Gasteiger partial charge in [-0.25, -0.2) is 0 Å². The summed E-state index contributed by atoms with van der Waals surface area (Å²) in [5, 5.41) is 7.28. The summed E-state index contributed by atoms with van der Waals surface area (Å²) in [5.41, 5.74) is 20.7. The summed E-state index contributed by atoms with van der Waals surface area (Å²) in [6, 6.07) is 106. The molecule has 3 heterocycles. The van der Waals surface area contributed by atoms with Gasteiger partial charge in [0, 0.05) is 66.3 Å². The molecule has 0 radical (unpaired) electrons. The number of nitrogens with zero attached hydrogens (tertiary/aromatic N) is 4. The van der Waals surface area contributed by atoms with E-state index >= 15 is 0 Å². The highest BCUT2D eigenvalue weighted by atomic mass is 15.1. The second-order valence-corrected chi connectivity index (χ2v) is 19.7. The van der Waals surface area contributed by atoms with Crippen molar-refractivity contribution in [1.82, 2.24) is 13.7 Å². The van der Waals surface area contributed by atoms with Gasteiger partial charge in [-0.05, 0) is 149 Å². The number of rotatable bonds is 9. The van der Waals surface area contributed by atoms with Crippen LogP contribution in [0.5, 0.6) is 0 Å². The van der Waals surface area contributed by atoms with Crippen LogP contribution < -0.4 is 4.90 Å². The highest BCUT2D eigenvalue weighted by Gasteiger charge is 2.21. The van der Waals surface area contributed by atoms with Gasteiger partial charge in [0.15, 0.2) is 0 Å². The van der Waals surface area contributed by atoms with E-state index in [-0.39, 0.29) is 0 Å². The highest BCUT2D eigenvalue weighted by Crippen LogP contribution is 2.44. The maximum absolute atomic E-state index is 2.47. The Kier molecular flexibility index (Phi) is 10.2. The Hall–Kier alpha value is -10.2. The first-order chi connectivity index (χ1) is 37.7. The summed E-state index contributed by atoms with van der Waals surface area (Å²) in [7, 11) is 0. The SMILES string of the molecule is c1ccc(-c2ccccc2-n2c3ccccc3c3cc(-c4cc(-c5ccc6c(c5)c5ccccc5n6-c5ccccc5)cc(-n5c6ccccc6c6cc(N(c7ccccc7)c7ccccc7)ccc65)c4)ccc32)cc1. The molecule has 0 saturated carbocycles. The van der Waals surface area contributed by atoms with Crippen LogP contribution in [-0.4, -0.2) is 13.7 Å². The number of fused-ring (bicyclic) bond motifs is 9. The van der Waals surface area contributed by atoms with Crippen LogP contribution in [0.3, 0.4) is 0 Å². The van der Waals surface area contributed by atoms with Gasteiger partial charge >= 0.3 is 0 Å². The number of anilines is 3. The first kappa shape index (κ1) is 43.4. The van der Waals surface area contributed by atoms with Crippen molar-refractivity contribution in [2.45, 2.75) is 0 Å². The van der Waals surface area contributed by atoms with Gasteiger partial charge in [0.2, 0.25) is 0 Å². The smallest absolute Gasteiger partial charge is 0.0542 e. The molecule has 15 aromatic rings. The molecule has 0 aliphatic rings. The quantitative estimate of drug-likeness (QED) is 0.141. The zero-order chi connectivity index (χ0) is 50.1. The first-order valence-corrected chi connectivity index (χ1v) is 26.1. The van der Waals surface area contributed by atoms with Gasteiger partial charge in [-0.15, -0.1) is 0 Å². The lowest BCUT2D eigenvalue weighted by atomic mass is 9.96. The molecule has 0 amide bonds. The molecule has 356 valence electrons. The minimum absolute atomic E-state index is 1.10. The minimum Gasteiger partial charge on any atom is -0.310 e. The predicted octanol–water partition coefficient (Wildman–Crippen LogP) is 19.4. The van der Waals surface area contributed by atoms with Crippen molar-refractivity contribution < 1.29 is 0 Å². The molecular weight excluding hydrogens is 921 g/mol. The Bertz CT molecular complexity index is 4640. The lowest BCUT2D eigenvalue weighted by Gasteiger charge is -2.25. The second kappa shape index (κ2) is 17.8. The van der Waals surface area contributed by atoms with E-state index in [9.17, 15) is 0 Å². The number of aromatic nitrogens is 3. The van der Waals surface area contributed by atoms with E-state index < -0.39 is 0 Å². The highest BCUT2D eigenvalue weighted by molar-refractivity contribution is 6.14. The van der Waals surface area contributed by atoms with Gasteiger partial charge in [-0.3, -0.25) is 0 Å². The fourth-order valence-corrected chi connectivity index (χ4v) is 12.0. The van der Waals surface area contributed by atoms with Crippen molar-refractivity contribution in [3.63, 3.8) is 0 Å². The zero-order valence-corrected chi connectivity index (χ0v) is 41.5. The number of hydrogen-bond donors (Lipinski definition) is 0. The van der Waals surface area contributed by atoms with Gasteiger partial charge in [0.1, 0.15) is 0 Å². The van der Waals surface area contributed by atoms with Gasteiger partial charge in [-0.1, -0.05) is 170 Å². The van der Waals surface area contributed by atoms with Crippen LogP contribution in [0, 0.1) is 0 Å². The molecule has 12 aromatic carbocycles. The largest absolute Gasteiger partial charge is 0.310 e. The molecule has 0 spiro atoms. The van der Waals surface area contributed by atoms with E-state index in [1.165, 1.54) is 65.5 Å². The van der Waals surface area contributed by atoms with Crippen LogP contribution in [0.15, 0.2) is 291 Å². The molecule has 0 aliphatic carbocycles. The third-order valence-corrected chi connectivity index (χ3v) is 15.4. The van der Waals surface area contributed by atoms with Crippen molar-refractivity contribution in [3.05, 3.63) is 291 Å². The summed E-state index contributed by atoms with van der Waals surface area (Å²) in [5.74, 6) is 0. The lowest BCUT2D eigenvalue weighted by molar-refractivity contribution is 1.18. The van der Waals surface area contributed by atoms with E-state index in [0.717, 1.165) is 67.4 Å². The van der Waals surface area contributed by atoms with Crippen LogP contribution in [0.4, 0.5) is 17.1 Å². The molecule has 15 rings (SSSR count). The Morgan fingerprint density at radius 3 is 1.18 bits per heavy atom. The van der Waals surface area contributed by atoms with Crippen LogP contribution >= 0.6 is 0 Å². The van der Waals surface area contributed by atoms with Crippen molar-refractivity contribution >= 4 is 82.5 Å². The molecule has 76 heavy (non-hydrogen) atoms. The van der Waals surface area contributed by atoms with E-state index in [4.69, 9.17) is 0 Å². The lowest BCUT2D eigenvalue weighted by Crippen LogP contribution is -2.09. The zero-order valence-electron chi connectivity index (χ0n) is 41.5. The Balaban J connectivity index is 0.961. The molecule has 0 fully saturated rings. The normalized spacial score (nSPS) is 11.7. The molecule has 0 saturated heterocycles. The number of hydrogen-bond acceptors (Lipinski definition) is 1. The average Bonchev–Trinajstić information content (AvgIpc) is 4.13. The summed E-state index contributed by atoms with van der Waals surface area (Å²) >= 11 is 0. The second-order valence-electron chi connectivity index (χ2n) is 19.7. The average molecular weight is 969 g/mol. The van der Waals surface area contributed by atoms with Gasteiger partial charge < -0.3 is 18.6 Å². The third kappa shape index (κ3) is 7.07. The van der Waals surface area contributed by atoms with E-state index in [1.54, 1.807) is 0 Å². The van der Waals surface area contributed by atoms with E-state index in [0.29, 0.717) is 0 Å². The molecule has 3 aromatic heterocycles. The van der Waals surface area contributed by atoms with Crippen LogP contribution in [0.2, 0.25) is 0 Å². The molecule has 0 aliphatic heterocycles. The van der Waals surface area contributed by atoms with Crippen LogP contribution in [0.1, 0.15) is 0 Å². The fourth-order valence-electron chi connectivity index (χ4n) is 12.0. The van der Waals surface area contributed by atoms with Gasteiger partial charge in [-0.2, -0.15) is 0 Å². The predicted molar refractivity (Wildman–Crippen MR) is 320 cm³/mol.